The largest absolute Gasteiger partial charge is 0.480 e. The smallest absolute Gasteiger partial charge is 0.323 e. The second-order valence-corrected chi connectivity index (χ2v) is 4.86. The minimum Gasteiger partial charge on any atom is -0.480 e. The first kappa shape index (κ1) is 11.8. The molecule has 1 saturated carbocycles. The van der Waals surface area contributed by atoms with E-state index in [4.69, 9.17) is 15.6 Å². The summed E-state index contributed by atoms with van der Waals surface area (Å²) in [5.74, 6) is -0.860. The van der Waals surface area contributed by atoms with E-state index in [1.54, 1.807) is 0 Å². The molecule has 1 heterocycles. The average Bonchev–Trinajstić information content (AvgIpc) is 2.51. The Hall–Kier alpha value is -0.650. The summed E-state index contributed by atoms with van der Waals surface area (Å²) in [6.07, 6.45) is 3.08. The zero-order chi connectivity index (χ0) is 11.6. The Bertz CT molecular complexity index is 264. The van der Waals surface area contributed by atoms with Crippen molar-refractivity contribution in [2.75, 3.05) is 26.3 Å². The van der Waals surface area contributed by atoms with E-state index in [0.717, 1.165) is 39.1 Å². The van der Waals surface area contributed by atoms with Crippen LogP contribution in [0.1, 0.15) is 25.7 Å². The third-order valence-electron chi connectivity index (χ3n) is 3.72. The molecular weight excluding hydrogens is 208 g/mol. The van der Waals surface area contributed by atoms with Gasteiger partial charge in [-0.2, -0.15) is 0 Å². The van der Waals surface area contributed by atoms with Crippen molar-refractivity contribution in [3.63, 3.8) is 0 Å². The number of ether oxygens (including phenoxy) is 1. The molecule has 0 aromatic heterocycles. The van der Waals surface area contributed by atoms with Gasteiger partial charge in [0, 0.05) is 25.7 Å². The molecule has 2 rings (SSSR count). The van der Waals surface area contributed by atoms with Gasteiger partial charge >= 0.3 is 5.97 Å². The van der Waals surface area contributed by atoms with E-state index in [1.165, 1.54) is 0 Å². The maximum Gasteiger partial charge on any atom is 0.323 e. The van der Waals surface area contributed by atoms with Crippen molar-refractivity contribution < 1.29 is 14.6 Å². The second kappa shape index (κ2) is 4.69. The number of hydrogen-bond acceptors (Lipinski definition) is 4. The van der Waals surface area contributed by atoms with Gasteiger partial charge in [-0.25, -0.2) is 0 Å². The molecule has 0 aromatic rings. The Balaban J connectivity index is 1.94. The summed E-state index contributed by atoms with van der Waals surface area (Å²) in [5, 5.41) is 9.08. The van der Waals surface area contributed by atoms with Crippen LogP contribution in [0.3, 0.4) is 0 Å². The van der Waals surface area contributed by atoms with Crippen LogP contribution in [0.5, 0.6) is 0 Å². The van der Waals surface area contributed by atoms with Crippen molar-refractivity contribution in [1.82, 2.24) is 4.90 Å². The molecule has 0 bridgehead atoms. The molecule has 1 aliphatic carbocycles. The topological polar surface area (TPSA) is 75.8 Å². The van der Waals surface area contributed by atoms with Crippen molar-refractivity contribution in [3.05, 3.63) is 0 Å². The fraction of sp³-hybridized carbons (Fsp3) is 0.909. The summed E-state index contributed by atoms with van der Waals surface area (Å²) >= 11 is 0. The molecule has 0 aromatic carbocycles. The van der Waals surface area contributed by atoms with E-state index in [9.17, 15) is 4.79 Å². The highest BCUT2D eigenvalue weighted by Crippen LogP contribution is 2.31. The van der Waals surface area contributed by atoms with Crippen LogP contribution < -0.4 is 5.73 Å². The number of carbonyl (C=O) groups is 1. The minimum atomic E-state index is -1.00. The van der Waals surface area contributed by atoms with Gasteiger partial charge in [-0.05, 0) is 25.7 Å². The highest BCUT2D eigenvalue weighted by molar-refractivity contribution is 5.79. The SMILES string of the molecule is NC1(C(=O)O)CCC(N2CCCOCC2)C1. The standard InChI is InChI=1S/C11H20N2O3/c12-11(10(14)15)3-2-9(8-11)13-4-1-6-16-7-5-13/h9H,1-8,12H2,(H,14,15). The Morgan fingerprint density at radius 3 is 2.94 bits per heavy atom. The molecule has 2 fully saturated rings. The van der Waals surface area contributed by atoms with Crippen molar-refractivity contribution >= 4 is 5.97 Å². The molecule has 16 heavy (non-hydrogen) atoms. The lowest BCUT2D eigenvalue weighted by Gasteiger charge is -2.27. The van der Waals surface area contributed by atoms with E-state index in [-0.39, 0.29) is 0 Å². The van der Waals surface area contributed by atoms with Crippen LogP contribution in [0.15, 0.2) is 0 Å². The molecule has 1 aliphatic heterocycles. The lowest BCUT2D eigenvalue weighted by atomic mass is 9.99. The van der Waals surface area contributed by atoms with Crippen LogP contribution >= 0.6 is 0 Å². The summed E-state index contributed by atoms with van der Waals surface area (Å²) in [7, 11) is 0. The molecule has 5 heteroatoms. The Labute approximate surface area is 95.5 Å². The first-order valence-electron chi connectivity index (χ1n) is 5.96. The summed E-state index contributed by atoms with van der Waals surface area (Å²) < 4.78 is 5.39. The second-order valence-electron chi connectivity index (χ2n) is 4.86. The first-order valence-corrected chi connectivity index (χ1v) is 5.96. The van der Waals surface area contributed by atoms with E-state index in [0.29, 0.717) is 18.9 Å². The van der Waals surface area contributed by atoms with Gasteiger partial charge < -0.3 is 15.6 Å². The quantitative estimate of drug-likeness (QED) is 0.698. The minimum absolute atomic E-state index is 0.322. The van der Waals surface area contributed by atoms with E-state index >= 15 is 0 Å². The summed E-state index contributed by atoms with van der Waals surface area (Å²) in [4.78, 5) is 13.4. The number of carboxylic acid groups (broad SMARTS) is 1. The average molecular weight is 228 g/mol. The molecule has 2 unspecified atom stereocenters. The molecule has 92 valence electrons. The summed E-state index contributed by atoms with van der Waals surface area (Å²) in [6, 6.07) is 0.322. The molecule has 1 saturated heterocycles. The van der Waals surface area contributed by atoms with Gasteiger partial charge in [-0.15, -0.1) is 0 Å². The molecule has 0 amide bonds. The Kier molecular flexibility index (Phi) is 3.47. The van der Waals surface area contributed by atoms with E-state index in [1.807, 2.05) is 0 Å². The number of hydrogen-bond donors (Lipinski definition) is 2. The van der Waals surface area contributed by atoms with Crippen molar-refractivity contribution in [1.29, 1.82) is 0 Å². The molecule has 3 N–H and O–H groups in total. The fourth-order valence-corrected chi connectivity index (χ4v) is 2.69. The Morgan fingerprint density at radius 2 is 2.25 bits per heavy atom. The van der Waals surface area contributed by atoms with Gasteiger partial charge in [0.2, 0.25) is 0 Å². The molecule has 2 aliphatic rings. The number of aliphatic carboxylic acids is 1. The zero-order valence-corrected chi connectivity index (χ0v) is 9.52. The van der Waals surface area contributed by atoms with Crippen LogP contribution in [0.25, 0.3) is 0 Å². The highest BCUT2D eigenvalue weighted by atomic mass is 16.5. The van der Waals surface area contributed by atoms with Crippen LogP contribution in [0.2, 0.25) is 0 Å². The van der Waals surface area contributed by atoms with Gasteiger partial charge in [-0.1, -0.05) is 0 Å². The maximum absolute atomic E-state index is 11.1. The molecule has 0 radical (unpaired) electrons. The van der Waals surface area contributed by atoms with Crippen LogP contribution in [0, 0.1) is 0 Å². The Morgan fingerprint density at radius 1 is 1.44 bits per heavy atom. The summed E-state index contributed by atoms with van der Waals surface area (Å²) in [5.41, 5.74) is 4.88. The van der Waals surface area contributed by atoms with Gasteiger partial charge in [0.15, 0.2) is 0 Å². The highest BCUT2D eigenvalue weighted by Gasteiger charge is 2.43. The molecular formula is C11H20N2O3. The molecule has 5 nitrogen and oxygen atoms in total. The lowest BCUT2D eigenvalue weighted by Crippen LogP contribution is -2.47. The van der Waals surface area contributed by atoms with Crippen molar-refractivity contribution in [2.45, 2.75) is 37.3 Å². The first-order chi connectivity index (χ1) is 7.62. The number of carboxylic acids is 1. The normalized spacial score (nSPS) is 37.2. The van der Waals surface area contributed by atoms with Gasteiger partial charge in [0.05, 0.1) is 6.61 Å². The van der Waals surface area contributed by atoms with Crippen LogP contribution in [-0.2, 0) is 9.53 Å². The third kappa shape index (κ3) is 2.36. The lowest BCUT2D eigenvalue weighted by molar-refractivity contribution is -0.143. The third-order valence-corrected chi connectivity index (χ3v) is 3.72. The number of rotatable bonds is 2. The van der Waals surface area contributed by atoms with Gasteiger partial charge in [0.25, 0.3) is 0 Å². The van der Waals surface area contributed by atoms with Gasteiger partial charge in [-0.3, -0.25) is 9.69 Å². The predicted molar refractivity (Wildman–Crippen MR) is 59.2 cm³/mol. The predicted octanol–water partition coefficient (Wildman–Crippen LogP) is 0.0433. The maximum atomic E-state index is 11.1. The summed E-state index contributed by atoms with van der Waals surface area (Å²) in [6.45, 7) is 3.47. The molecule has 0 spiro atoms. The van der Waals surface area contributed by atoms with Crippen LogP contribution in [-0.4, -0.2) is 53.9 Å². The van der Waals surface area contributed by atoms with Crippen LogP contribution in [0.4, 0.5) is 0 Å². The van der Waals surface area contributed by atoms with E-state index < -0.39 is 11.5 Å². The van der Waals surface area contributed by atoms with E-state index in [2.05, 4.69) is 4.90 Å². The monoisotopic (exact) mass is 228 g/mol. The van der Waals surface area contributed by atoms with Crippen molar-refractivity contribution in [2.24, 2.45) is 5.73 Å². The molecule has 2 atom stereocenters. The number of nitrogens with two attached hydrogens (primary N) is 1. The van der Waals surface area contributed by atoms with Gasteiger partial charge in [0.1, 0.15) is 5.54 Å². The number of nitrogens with zero attached hydrogens (tertiary/aromatic N) is 1. The zero-order valence-electron chi connectivity index (χ0n) is 9.52. The fourth-order valence-electron chi connectivity index (χ4n) is 2.69. The van der Waals surface area contributed by atoms with Crippen molar-refractivity contribution in [3.8, 4) is 0 Å².